The summed E-state index contributed by atoms with van der Waals surface area (Å²) >= 11 is 1.16. The Morgan fingerprint density at radius 1 is 1.67 bits per heavy atom. The molecule has 2 heterocycles. The first-order valence-electron chi connectivity index (χ1n) is 4.28. The smallest absolute Gasteiger partial charge is 0.279 e. The zero-order valence-electron chi connectivity index (χ0n) is 8.24. The van der Waals surface area contributed by atoms with E-state index in [-0.39, 0.29) is 21.5 Å². The van der Waals surface area contributed by atoms with Gasteiger partial charge >= 0.3 is 0 Å². The highest BCUT2D eigenvalue weighted by atomic mass is 32.1. The van der Waals surface area contributed by atoms with Crippen LogP contribution in [0.25, 0.3) is 10.6 Å². The molecule has 6 heteroatoms. The van der Waals surface area contributed by atoms with Gasteiger partial charge in [-0.15, -0.1) is 11.3 Å². The number of fused-ring (bicyclic) bond motifs is 1. The standard InChI is InChI=1S/C9H9N3O2S/c1-4-3-6-12(9(10)11-4)8(14)7(15-6)5(2)13/h3,10,13H,1-2H3. The number of nitrogens with one attached hydrogen (secondary N) is 1. The predicted octanol–water partition coefficient (Wildman–Crippen LogP) is -0.0511. The molecule has 0 saturated carbocycles. The lowest BCUT2D eigenvalue weighted by molar-refractivity contribution is 0.499. The lowest BCUT2D eigenvalue weighted by Crippen LogP contribution is -2.33. The lowest BCUT2D eigenvalue weighted by Gasteiger charge is -1.92. The summed E-state index contributed by atoms with van der Waals surface area (Å²) in [7, 11) is 0. The highest BCUT2D eigenvalue weighted by Crippen LogP contribution is 2.02. The van der Waals surface area contributed by atoms with Crippen LogP contribution >= 0.6 is 11.3 Å². The quantitative estimate of drug-likeness (QED) is 0.657. The topological polar surface area (TPSA) is 78.5 Å². The number of nitrogens with zero attached hydrogens (tertiary/aromatic N) is 2. The average Bonchev–Trinajstić information content (AvgIpc) is 2.42. The third-order valence-electron chi connectivity index (χ3n) is 1.98. The molecule has 2 N–H and O–H groups in total. The second-order valence-corrected chi connectivity index (χ2v) is 4.25. The maximum absolute atomic E-state index is 11.7. The first kappa shape index (κ1) is 9.85. The second kappa shape index (κ2) is 3.16. The predicted molar refractivity (Wildman–Crippen MR) is 56.9 cm³/mol. The molecular weight excluding hydrogens is 214 g/mol. The van der Waals surface area contributed by atoms with Crippen LogP contribution in [0.15, 0.2) is 10.9 Å². The number of thiazole rings is 1. The summed E-state index contributed by atoms with van der Waals surface area (Å²) in [5.41, 5.74) is 0.203. The molecule has 5 nitrogen and oxygen atoms in total. The summed E-state index contributed by atoms with van der Waals surface area (Å²) in [4.78, 5) is 16.2. The first-order valence-corrected chi connectivity index (χ1v) is 5.10. The summed E-state index contributed by atoms with van der Waals surface area (Å²) in [6.07, 6.45) is 0. The molecular formula is C9H9N3O2S. The number of aliphatic hydroxyl groups is 1. The highest BCUT2D eigenvalue weighted by molar-refractivity contribution is 7.15. The van der Waals surface area contributed by atoms with Gasteiger partial charge in [0.05, 0.1) is 0 Å². The molecule has 0 spiro atoms. The molecule has 0 saturated heterocycles. The Bertz CT molecular complexity index is 694. The van der Waals surface area contributed by atoms with Crippen LogP contribution in [0.5, 0.6) is 0 Å². The maximum Gasteiger partial charge on any atom is 0.279 e. The fourth-order valence-corrected chi connectivity index (χ4v) is 2.37. The monoisotopic (exact) mass is 223 g/mol. The maximum atomic E-state index is 11.7. The van der Waals surface area contributed by atoms with E-state index in [2.05, 4.69) is 4.98 Å². The van der Waals surface area contributed by atoms with Crippen molar-refractivity contribution in [2.24, 2.45) is 0 Å². The van der Waals surface area contributed by atoms with Crippen molar-refractivity contribution in [3.63, 3.8) is 0 Å². The number of hydrogen-bond acceptors (Lipinski definition) is 5. The molecule has 0 amide bonds. The van der Waals surface area contributed by atoms with E-state index in [9.17, 15) is 9.90 Å². The average molecular weight is 223 g/mol. The van der Waals surface area contributed by atoms with Crippen LogP contribution in [0.2, 0.25) is 0 Å². The van der Waals surface area contributed by atoms with Crippen LogP contribution in [0.1, 0.15) is 12.6 Å². The van der Waals surface area contributed by atoms with E-state index in [1.165, 1.54) is 11.3 Å². The van der Waals surface area contributed by atoms with Gasteiger partial charge in [-0.1, -0.05) is 0 Å². The summed E-state index contributed by atoms with van der Waals surface area (Å²) in [6.45, 7) is 3.22. The van der Waals surface area contributed by atoms with Crippen molar-refractivity contribution in [2.75, 3.05) is 0 Å². The molecule has 78 valence electrons. The van der Waals surface area contributed by atoms with E-state index in [4.69, 9.17) is 5.41 Å². The Balaban J connectivity index is 3.17. The van der Waals surface area contributed by atoms with Crippen molar-refractivity contribution in [2.45, 2.75) is 13.8 Å². The van der Waals surface area contributed by atoms with Crippen LogP contribution in [0, 0.1) is 12.3 Å². The lowest BCUT2D eigenvalue weighted by atomic mass is 10.4. The molecule has 0 bridgehead atoms. The first-order chi connectivity index (χ1) is 7.00. The molecule has 0 aliphatic heterocycles. The van der Waals surface area contributed by atoms with Gasteiger partial charge in [0.1, 0.15) is 15.1 Å². The molecule has 15 heavy (non-hydrogen) atoms. The Hall–Kier alpha value is -1.69. The molecule has 2 aromatic heterocycles. The molecule has 0 aromatic carbocycles. The van der Waals surface area contributed by atoms with Gasteiger partial charge in [0.25, 0.3) is 5.56 Å². The number of aryl methyl sites for hydroxylation is 1. The molecule has 2 rings (SSSR count). The van der Waals surface area contributed by atoms with Crippen LogP contribution in [-0.4, -0.2) is 14.5 Å². The van der Waals surface area contributed by atoms with E-state index in [1.54, 1.807) is 13.0 Å². The number of hydrogen-bond donors (Lipinski definition) is 2. The largest absolute Gasteiger partial charge is 0.511 e. The van der Waals surface area contributed by atoms with Crippen LogP contribution < -0.4 is 15.7 Å². The van der Waals surface area contributed by atoms with Gasteiger partial charge in [-0.25, -0.2) is 9.38 Å². The summed E-state index contributed by atoms with van der Waals surface area (Å²) in [6, 6.07) is 1.72. The SMILES string of the molecule is CC(O)=c1sc2cc(C)nc(=N)n2c1=O. The second-order valence-electron chi connectivity index (χ2n) is 3.22. The zero-order chi connectivity index (χ0) is 11.2. The molecule has 2 aromatic rings. The molecule has 0 aliphatic carbocycles. The molecule has 0 radical (unpaired) electrons. The van der Waals surface area contributed by atoms with Gasteiger partial charge in [-0.3, -0.25) is 10.2 Å². The van der Waals surface area contributed by atoms with Gasteiger partial charge in [-0.2, -0.15) is 0 Å². The Labute approximate surface area is 88.5 Å². The van der Waals surface area contributed by atoms with E-state index < -0.39 is 0 Å². The van der Waals surface area contributed by atoms with Crippen molar-refractivity contribution in [3.05, 3.63) is 32.3 Å². The van der Waals surface area contributed by atoms with Crippen molar-refractivity contribution in [1.82, 2.24) is 9.38 Å². The molecule has 0 aliphatic rings. The molecule has 0 fully saturated rings. The van der Waals surface area contributed by atoms with Gasteiger partial charge < -0.3 is 5.11 Å². The normalized spacial score (nSPS) is 13.2. The van der Waals surface area contributed by atoms with Crippen LogP contribution in [-0.2, 0) is 0 Å². The summed E-state index contributed by atoms with van der Waals surface area (Å²) in [5, 5.41) is 16.9. The Morgan fingerprint density at radius 3 is 2.93 bits per heavy atom. The summed E-state index contributed by atoms with van der Waals surface area (Å²) in [5.74, 6) is -0.0225. The highest BCUT2D eigenvalue weighted by Gasteiger charge is 2.07. The molecule has 0 atom stereocenters. The van der Waals surface area contributed by atoms with E-state index in [0.29, 0.717) is 10.5 Å². The number of aromatic nitrogens is 2. The van der Waals surface area contributed by atoms with Crippen LogP contribution in [0.4, 0.5) is 0 Å². The minimum absolute atomic E-state index is 0.0225. The fourth-order valence-electron chi connectivity index (χ4n) is 1.35. The van der Waals surface area contributed by atoms with Gasteiger partial charge in [0.15, 0.2) is 0 Å². The van der Waals surface area contributed by atoms with Crippen molar-refractivity contribution in [3.8, 4) is 0 Å². The number of rotatable bonds is 0. The van der Waals surface area contributed by atoms with Crippen LogP contribution in [0.3, 0.4) is 0 Å². The van der Waals surface area contributed by atoms with Crippen molar-refractivity contribution in [1.29, 1.82) is 5.41 Å². The molecule has 0 unspecified atom stereocenters. The summed E-state index contributed by atoms with van der Waals surface area (Å²) < 4.78 is 1.45. The van der Waals surface area contributed by atoms with E-state index in [0.717, 1.165) is 11.3 Å². The van der Waals surface area contributed by atoms with Gasteiger partial charge in [-0.05, 0) is 19.9 Å². The van der Waals surface area contributed by atoms with Gasteiger partial charge in [0.2, 0.25) is 5.62 Å². The van der Waals surface area contributed by atoms with Gasteiger partial charge in [0, 0.05) is 5.69 Å². The van der Waals surface area contributed by atoms with E-state index >= 15 is 0 Å². The Morgan fingerprint density at radius 2 is 2.33 bits per heavy atom. The van der Waals surface area contributed by atoms with Crippen molar-refractivity contribution < 1.29 is 5.11 Å². The minimum atomic E-state index is -0.382. The fraction of sp³-hybridized carbons (Fsp3) is 0.222. The minimum Gasteiger partial charge on any atom is -0.511 e. The Kier molecular flexibility index (Phi) is 2.08. The number of aliphatic hydroxyl groups excluding tert-OH is 1. The van der Waals surface area contributed by atoms with E-state index in [1.807, 2.05) is 0 Å². The third kappa shape index (κ3) is 1.42. The zero-order valence-corrected chi connectivity index (χ0v) is 9.05. The third-order valence-corrected chi connectivity index (χ3v) is 3.16. The van der Waals surface area contributed by atoms with Crippen molar-refractivity contribution >= 4 is 21.9 Å².